The predicted molar refractivity (Wildman–Crippen MR) is 72.2 cm³/mol. The summed E-state index contributed by atoms with van der Waals surface area (Å²) in [5, 5.41) is 0. The van der Waals surface area contributed by atoms with Gasteiger partial charge in [0.2, 0.25) is 0 Å². The molecule has 0 aliphatic carbocycles. The van der Waals surface area contributed by atoms with E-state index in [1.807, 2.05) is 11.0 Å². The van der Waals surface area contributed by atoms with Gasteiger partial charge in [-0.1, -0.05) is 32.0 Å². The van der Waals surface area contributed by atoms with E-state index in [1.54, 1.807) is 12.1 Å². The van der Waals surface area contributed by atoms with E-state index in [4.69, 9.17) is 5.73 Å². The Hall–Kier alpha value is -1.65. The number of benzene rings is 1. The van der Waals surface area contributed by atoms with Crippen molar-refractivity contribution in [3.8, 4) is 0 Å². The number of hydrogen-bond acceptors (Lipinski definition) is 3. The van der Waals surface area contributed by atoms with E-state index < -0.39 is 6.43 Å². The van der Waals surface area contributed by atoms with E-state index in [9.17, 15) is 8.78 Å². The maximum absolute atomic E-state index is 12.8. The second-order valence-corrected chi connectivity index (χ2v) is 5.23. The van der Waals surface area contributed by atoms with Crippen molar-refractivity contribution in [2.24, 2.45) is 16.6 Å². The van der Waals surface area contributed by atoms with Crippen LogP contribution < -0.4 is 5.73 Å². The molecule has 0 saturated heterocycles. The van der Waals surface area contributed by atoms with Gasteiger partial charge in [0.05, 0.1) is 12.6 Å². The molecule has 104 valence electrons. The van der Waals surface area contributed by atoms with Crippen LogP contribution in [0.25, 0.3) is 0 Å². The van der Waals surface area contributed by atoms with Crippen molar-refractivity contribution < 1.29 is 8.78 Å². The highest BCUT2D eigenvalue weighted by molar-refractivity contribution is 5.80. The van der Waals surface area contributed by atoms with Crippen molar-refractivity contribution in [1.82, 2.24) is 4.90 Å². The van der Waals surface area contributed by atoms with Gasteiger partial charge in [0.15, 0.2) is 5.96 Å². The summed E-state index contributed by atoms with van der Waals surface area (Å²) >= 11 is 0. The van der Waals surface area contributed by atoms with Crippen LogP contribution in [-0.4, -0.2) is 23.9 Å². The number of nitrogens with two attached hydrogens (primary N) is 1. The van der Waals surface area contributed by atoms with Gasteiger partial charge in [0, 0.05) is 12.1 Å². The molecule has 1 aliphatic heterocycles. The largest absolute Gasteiger partial charge is 0.370 e. The third kappa shape index (κ3) is 3.03. The summed E-state index contributed by atoms with van der Waals surface area (Å²) in [5.74, 6) is 0.939. The Morgan fingerprint density at radius 1 is 1.42 bits per heavy atom. The van der Waals surface area contributed by atoms with E-state index in [0.717, 1.165) is 12.1 Å². The van der Waals surface area contributed by atoms with E-state index in [-0.39, 0.29) is 11.6 Å². The van der Waals surface area contributed by atoms with Crippen LogP contribution in [0, 0.1) is 5.92 Å². The molecule has 3 nitrogen and oxygen atoms in total. The van der Waals surface area contributed by atoms with Crippen LogP contribution in [0.5, 0.6) is 0 Å². The number of rotatable bonds is 4. The van der Waals surface area contributed by atoms with Crippen molar-refractivity contribution in [3.05, 3.63) is 35.4 Å². The van der Waals surface area contributed by atoms with Crippen molar-refractivity contribution >= 4 is 5.96 Å². The van der Waals surface area contributed by atoms with Crippen molar-refractivity contribution in [3.63, 3.8) is 0 Å². The predicted octanol–water partition coefficient (Wildman–Crippen LogP) is 2.95. The number of nitrogens with zero attached hydrogens (tertiary/aromatic N) is 2. The summed E-state index contributed by atoms with van der Waals surface area (Å²) in [5.41, 5.74) is 6.78. The van der Waals surface area contributed by atoms with Gasteiger partial charge in [-0.15, -0.1) is 0 Å². The molecule has 2 rings (SSSR count). The Morgan fingerprint density at radius 2 is 2.16 bits per heavy atom. The average molecular weight is 267 g/mol. The van der Waals surface area contributed by atoms with E-state index in [1.165, 1.54) is 6.07 Å². The Balaban J connectivity index is 2.23. The lowest BCUT2D eigenvalue weighted by Gasteiger charge is -2.28. The Labute approximate surface area is 112 Å². The summed E-state index contributed by atoms with van der Waals surface area (Å²) < 4.78 is 25.5. The minimum atomic E-state index is -2.45. The SMILES string of the molecule is CC(C)CN1C(N)=NCC1c1cccc(C(F)F)c1. The van der Waals surface area contributed by atoms with Crippen LogP contribution in [0.1, 0.15) is 37.4 Å². The highest BCUT2D eigenvalue weighted by Gasteiger charge is 2.28. The lowest BCUT2D eigenvalue weighted by atomic mass is 10.0. The van der Waals surface area contributed by atoms with Gasteiger partial charge in [-0.3, -0.25) is 4.99 Å². The molecule has 1 aromatic rings. The molecule has 2 N–H and O–H groups in total. The van der Waals surface area contributed by atoms with Gasteiger partial charge in [0.1, 0.15) is 0 Å². The molecule has 0 amide bonds. The fourth-order valence-electron chi connectivity index (χ4n) is 2.33. The number of aliphatic imine (C=N–C) groups is 1. The molecule has 0 radical (unpaired) electrons. The van der Waals surface area contributed by atoms with E-state index in [2.05, 4.69) is 18.8 Å². The third-order valence-corrected chi connectivity index (χ3v) is 3.21. The van der Waals surface area contributed by atoms with Gasteiger partial charge < -0.3 is 10.6 Å². The summed E-state index contributed by atoms with van der Waals surface area (Å²) in [7, 11) is 0. The second-order valence-electron chi connectivity index (χ2n) is 5.23. The molecule has 1 atom stereocenters. The first kappa shape index (κ1) is 13.8. The molecule has 1 unspecified atom stereocenters. The van der Waals surface area contributed by atoms with Gasteiger partial charge in [-0.2, -0.15) is 0 Å². The average Bonchev–Trinajstić information content (AvgIpc) is 2.71. The Bertz CT molecular complexity index is 472. The number of hydrogen-bond donors (Lipinski definition) is 1. The highest BCUT2D eigenvalue weighted by atomic mass is 19.3. The quantitative estimate of drug-likeness (QED) is 0.911. The van der Waals surface area contributed by atoms with Crippen LogP contribution in [0.4, 0.5) is 8.78 Å². The molecular weight excluding hydrogens is 248 g/mol. The van der Waals surface area contributed by atoms with Crippen LogP contribution in [0.15, 0.2) is 29.3 Å². The van der Waals surface area contributed by atoms with E-state index >= 15 is 0 Å². The summed E-state index contributed by atoms with van der Waals surface area (Å²) in [6.45, 7) is 5.50. The summed E-state index contributed by atoms with van der Waals surface area (Å²) in [6, 6.07) is 6.49. The standard InChI is InChI=1S/C14H19F2N3/c1-9(2)8-19-12(7-18-14(19)17)10-4-3-5-11(6-10)13(15)16/h3-6,9,12-13H,7-8H2,1-2H3,(H2,17,18). The third-order valence-electron chi connectivity index (χ3n) is 3.21. The topological polar surface area (TPSA) is 41.6 Å². The molecule has 19 heavy (non-hydrogen) atoms. The lowest BCUT2D eigenvalue weighted by Crippen LogP contribution is -2.38. The monoisotopic (exact) mass is 267 g/mol. The molecule has 0 bridgehead atoms. The lowest BCUT2D eigenvalue weighted by molar-refractivity contribution is 0.151. The van der Waals surface area contributed by atoms with Crippen molar-refractivity contribution in [2.45, 2.75) is 26.3 Å². The second kappa shape index (κ2) is 5.55. The first-order chi connectivity index (χ1) is 8.99. The molecule has 5 heteroatoms. The van der Waals surface area contributed by atoms with Crippen LogP contribution >= 0.6 is 0 Å². The molecule has 0 aromatic heterocycles. The number of halogens is 2. The zero-order chi connectivity index (χ0) is 14.0. The van der Waals surface area contributed by atoms with Gasteiger partial charge in [-0.05, 0) is 17.5 Å². The van der Waals surface area contributed by atoms with Crippen LogP contribution in [-0.2, 0) is 0 Å². The van der Waals surface area contributed by atoms with E-state index in [0.29, 0.717) is 18.4 Å². The zero-order valence-electron chi connectivity index (χ0n) is 11.2. The van der Waals surface area contributed by atoms with Crippen molar-refractivity contribution in [1.29, 1.82) is 0 Å². The maximum atomic E-state index is 12.8. The zero-order valence-corrected chi connectivity index (χ0v) is 11.2. The summed E-state index contributed by atoms with van der Waals surface area (Å²) in [6.07, 6.45) is -2.45. The molecule has 0 saturated carbocycles. The fourth-order valence-corrected chi connectivity index (χ4v) is 2.33. The van der Waals surface area contributed by atoms with Gasteiger partial charge in [-0.25, -0.2) is 8.78 Å². The normalized spacial score (nSPS) is 19.4. The summed E-state index contributed by atoms with van der Waals surface area (Å²) in [4.78, 5) is 6.23. The molecule has 0 fully saturated rings. The molecular formula is C14H19F2N3. The minimum absolute atomic E-state index is 0.0268. The molecule has 1 heterocycles. The van der Waals surface area contributed by atoms with Crippen LogP contribution in [0.2, 0.25) is 0 Å². The van der Waals surface area contributed by atoms with Crippen molar-refractivity contribution in [2.75, 3.05) is 13.1 Å². The highest BCUT2D eigenvalue weighted by Crippen LogP contribution is 2.29. The smallest absolute Gasteiger partial charge is 0.263 e. The Kier molecular flexibility index (Phi) is 4.02. The molecule has 1 aliphatic rings. The fraction of sp³-hybridized carbons (Fsp3) is 0.500. The first-order valence-corrected chi connectivity index (χ1v) is 6.43. The molecule has 1 aromatic carbocycles. The van der Waals surface area contributed by atoms with Crippen LogP contribution in [0.3, 0.4) is 0 Å². The first-order valence-electron chi connectivity index (χ1n) is 6.43. The molecule has 0 spiro atoms. The Morgan fingerprint density at radius 3 is 2.79 bits per heavy atom. The number of alkyl halides is 2. The van der Waals surface area contributed by atoms with Gasteiger partial charge in [0.25, 0.3) is 6.43 Å². The number of guanidine groups is 1. The minimum Gasteiger partial charge on any atom is -0.370 e. The van der Waals surface area contributed by atoms with Gasteiger partial charge >= 0.3 is 0 Å². The maximum Gasteiger partial charge on any atom is 0.263 e.